The Balaban J connectivity index is 2.09. The summed E-state index contributed by atoms with van der Waals surface area (Å²) in [6.45, 7) is 1.97. The average Bonchev–Trinajstić information content (AvgIpc) is 2.93. The number of amides is 1. The summed E-state index contributed by atoms with van der Waals surface area (Å²) < 4.78 is 13.3. The molecule has 1 amide bonds. The fraction of sp³-hybridized carbons (Fsp3) is 0.154. The zero-order valence-electron chi connectivity index (χ0n) is 10.0. The Morgan fingerprint density at radius 2 is 2.16 bits per heavy atom. The Bertz CT molecular complexity index is 682. The smallest absolute Gasteiger partial charge is 0.299 e. The summed E-state index contributed by atoms with van der Waals surface area (Å²) in [6.07, 6.45) is 1.65. The molecule has 0 N–H and O–H groups in total. The minimum atomic E-state index is -0.651. The average molecular weight is 276 g/mol. The quantitative estimate of drug-likeness (QED) is 0.791. The molecule has 1 aromatic carbocycles. The number of ketones is 1. The number of anilines is 1. The molecule has 0 saturated carbocycles. The number of thiazole rings is 1. The van der Waals surface area contributed by atoms with Crippen molar-refractivity contribution < 1.29 is 14.0 Å². The molecule has 1 aliphatic rings. The highest BCUT2D eigenvalue weighted by Crippen LogP contribution is 2.34. The lowest BCUT2D eigenvalue weighted by atomic mass is 10.1. The Labute approximate surface area is 112 Å². The number of carbonyl (C=O) groups excluding carboxylic acids is 2. The van der Waals surface area contributed by atoms with Gasteiger partial charge in [-0.1, -0.05) is 0 Å². The van der Waals surface area contributed by atoms with Gasteiger partial charge in [0.2, 0.25) is 0 Å². The van der Waals surface area contributed by atoms with Crippen molar-refractivity contribution in [2.24, 2.45) is 0 Å². The molecule has 0 fully saturated rings. The zero-order chi connectivity index (χ0) is 13.6. The third-order valence-corrected chi connectivity index (χ3v) is 3.78. The van der Waals surface area contributed by atoms with Crippen LogP contribution in [-0.2, 0) is 11.3 Å². The molecule has 96 valence electrons. The summed E-state index contributed by atoms with van der Waals surface area (Å²) in [7, 11) is 0. The van der Waals surface area contributed by atoms with Crippen molar-refractivity contribution in [2.45, 2.75) is 13.5 Å². The molecule has 0 atom stereocenters. The summed E-state index contributed by atoms with van der Waals surface area (Å²) in [5.74, 6) is -1.77. The number of nitrogens with zero attached hydrogens (tertiary/aromatic N) is 2. The van der Waals surface area contributed by atoms with E-state index in [9.17, 15) is 14.0 Å². The first kappa shape index (κ1) is 12.0. The highest BCUT2D eigenvalue weighted by atomic mass is 32.1. The number of aryl methyl sites for hydroxylation is 1. The van der Waals surface area contributed by atoms with Crippen molar-refractivity contribution in [3.63, 3.8) is 0 Å². The Morgan fingerprint density at radius 3 is 2.84 bits per heavy atom. The maximum Gasteiger partial charge on any atom is 0.299 e. The van der Waals surface area contributed by atoms with Crippen molar-refractivity contribution >= 4 is 28.7 Å². The highest BCUT2D eigenvalue weighted by molar-refractivity contribution is 7.09. The van der Waals surface area contributed by atoms with Crippen LogP contribution in [0.25, 0.3) is 0 Å². The lowest BCUT2D eigenvalue weighted by molar-refractivity contribution is -0.114. The molecule has 6 heteroatoms. The molecule has 4 nitrogen and oxygen atoms in total. The van der Waals surface area contributed by atoms with Crippen LogP contribution in [0.15, 0.2) is 23.8 Å². The Morgan fingerprint density at radius 1 is 1.37 bits per heavy atom. The van der Waals surface area contributed by atoms with Crippen LogP contribution in [-0.4, -0.2) is 16.7 Å². The second kappa shape index (κ2) is 4.24. The highest BCUT2D eigenvalue weighted by Gasteiger charge is 2.37. The van der Waals surface area contributed by atoms with Crippen LogP contribution in [0, 0.1) is 12.7 Å². The van der Waals surface area contributed by atoms with Crippen molar-refractivity contribution in [2.75, 3.05) is 4.90 Å². The van der Waals surface area contributed by atoms with Crippen LogP contribution in [0.1, 0.15) is 20.8 Å². The van der Waals surface area contributed by atoms with E-state index in [1.54, 1.807) is 18.6 Å². The van der Waals surface area contributed by atoms with E-state index in [-0.39, 0.29) is 12.1 Å². The lowest BCUT2D eigenvalue weighted by Gasteiger charge is -2.17. The third kappa shape index (κ3) is 1.84. The fourth-order valence-corrected chi connectivity index (χ4v) is 2.82. The molecule has 0 spiro atoms. The second-order valence-corrected chi connectivity index (χ2v) is 5.28. The maximum absolute atomic E-state index is 13.3. The molecule has 2 aromatic rings. The standard InChI is InChI=1S/C13H9FN2O2S/c1-7-2-8(14)3-10-11(7)16(13(18)12(10)17)5-9-4-15-6-19-9/h2-4,6H,5H2,1H3. The van der Waals surface area contributed by atoms with E-state index in [0.717, 1.165) is 10.9 Å². The fourth-order valence-electron chi connectivity index (χ4n) is 2.23. The third-order valence-electron chi connectivity index (χ3n) is 3.02. The number of benzene rings is 1. The van der Waals surface area contributed by atoms with Gasteiger partial charge < -0.3 is 0 Å². The van der Waals surface area contributed by atoms with Crippen LogP contribution < -0.4 is 4.90 Å². The predicted molar refractivity (Wildman–Crippen MR) is 68.8 cm³/mol. The zero-order valence-corrected chi connectivity index (χ0v) is 10.8. The number of aromatic nitrogens is 1. The van der Waals surface area contributed by atoms with E-state index in [1.165, 1.54) is 22.3 Å². The number of fused-ring (bicyclic) bond motifs is 1. The van der Waals surface area contributed by atoms with Gasteiger partial charge in [-0.05, 0) is 24.6 Å². The predicted octanol–water partition coefficient (Wildman–Crippen LogP) is 2.32. The van der Waals surface area contributed by atoms with Crippen LogP contribution in [0.5, 0.6) is 0 Å². The van der Waals surface area contributed by atoms with Crippen molar-refractivity contribution in [3.05, 3.63) is 45.7 Å². The SMILES string of the molecule is Cc1cc(F)cc2c1N(Cc1cncs1)C(=O)C2=O. The van der Waals surface area contributed by atoms with Crippen molar-refractivity contribution in [1.82, 2.24) is 4.98 Å². The summed E-state index contributed by atoms with van der Waals surface area (Å²) >= 11 is 1.41. The molecule has 0 bridgehead atoms. The molecule has 0 radical (unpaired) electrons. The van der Waals surface area contributed by atoms with Crippen LogP contribution >= 0.6 is 11.3 Å². The van der Waals surface area contributed by atoms with Gasteiger partial charge in [0.15, 0.2) is 0 Å². The molecular formula is C13H9FN2O2S. The largest absolute Gasteiger partial charge is 0.299 e. The molecule has 1 aliphatic heterocycles. The van der Waals surface area contributed by atoms with Gasteiger partial charge in [0, 0.05) is 11.1 Å². The van der Waals surface area contributed by atoms with Crippen molar-refractivity contribution in [1.29, 1.82) is 0 Å². The Kier molecular flexibility index (Phi) is 2.67. The molecule has 0 aliphatic carbocycles. The van der Waals surface area contributed by atoms with Gasteiger partial charge in [0.05, 0.1) is 23.3 Å². The number of halogens is 1. The Hall–Kier alpha value is -2.08. The first-order valence-electron chi connectivity index (χ1n) is 5.61. The number of hydrogen-bond donors (Lipinski definition) is 0. The lowest BCUT2D eigenvalue weighted by Crippen LogP contribution is -2.29. The summed E-state index contributed by atoms with van der Waals surface area (Å²) in [5.41, 5.74) is 2.89. The van der Waals surface area contributed by atoms with Gasteiger partial charge in [0.1, 0.15) is 5.82 Å². The van der Waals surface area contributed by atoms with E-state index in [2.05, 4.69) is 4.98 Å². The molecule has 1 aromatic heterocycles. The van der Waals surface area contributed by atoms with Gasteiger partial charge in [-0.3, -0.25) is 19.5 Å². The number of carbonyl (C=O) groups is 2. The summed E-state index contributed by atoms with van der Waals surface area (Å²) in [6, 6.07) is 2.44. The first-order chi connectivity index (χ1) is 9.08. The number of rotatable bonds is 2. The molecule has 19 heavy (non-hydrogen) atoms. The normalized spacial score (nSPS) is 14.1. The van der Waals surface area contributed by atoms with E-state index in [0.29, 0.717) is 11.3 Å². The minimum absolute atomic E-state index is 0.145. The van der Waals surface area contributed by atoms with E-state index in [1.807, 2.05) is 0 Å². The van der Waals surface area contributed by atoms with E-state index >= 15 is 0 Å². The molecular weight excluding hydrogens is 267 g/mol. The van der Waals surface area contributed by atoms with Gasteiger partial charge in [-0.2, -0.15) is 0 Å². The minimum Gasteiger partial charge on any atom is -0.299 e. The molecule has 2 heterocycles. The van der Waals surface area contributed by atoms with Crippen molar-refractivity contribution in [3.8, 4) is 0 Å². The second-order valence-electron chi connectivity index (χ2n) is 4.31. The van der Waals surface area contributed by atoms with Gasteiger partial charge in [-0.25, -0.2) is 4.39 Å². The van der Waals surface area contributed by atoms with Crippen LogP contribution in [0.3, 0.4) is 0 Å². The van der Waals surface area contributed by atoms with Crippen LogP contribution in [0.4, 0.5) is 10.1 Å². The first-order valence-corrected chi connectivity index (χ1v) is 6.49. The van der Waals surface area contributed by atoms with E-state index in [4.69, 9.17) is 0 Å². The monoisotopic (exact) mass is 276 g/mol. The van der Waals surface area contributed by atoms with Gasteiger partial charge >= 0.3 is 0 Å². The molecule has 3 rings (SSSR count). The summed E-state index contributed by atoms with van der Waals surface area (Å²) in [5, 5.41) is 0. The topological polar surface area (TPSA) is 50.3 Å². The van der Waals surface area contributed by atoms with Gasteiger partial charge in [-0.15, -0.1) is 11.3 Å². The van der Waals surface area contributed by atoms with E-state index < -0.39 is 17.5 Å². The maximum atomic E-state index is 13.3. The summed E-state index contributed by atoms with van der Waals surface area (Å²) in [4.78, 5) is 30.1. The number of hydrogen-bond acceptors (Lipinski definition) is 4. The number of Topliss-reactive ketones (excluding diaryl/α,β-unsaturated/α-hetero) is 1. The van der Waals surface area contributed by atoms with Crippen LogP contribution in [0.2, 0.25) is 0 Å². The van der Waals surface area contributed by atoms with Gasteiger partial charge in [0.25, 0.3) is 11.7 Å². The molecule has 0 saturated heterocycles. The molecule has 0 unspecified atom stereocenters.